The van der Waals surface area contributed by atoms with Crippen LogP contribution < -0.4 is 18.9 Å². The summed E-state index contributed by atoms with van der Waals surface area (Å²) in [5.74, 6) is -0.748. The molecule has 0 fully saturated rings. The molecule has 0 radical (unpaired) electrons. The first-order valence-corrected chi connectivity index (χ1v) is 18.5. The topological polar surface area (TPSA) is 89.5 Å². The van der Waals surface area contributed by atoms with Crippen molar-refractivity contribution in [2.75, 3.05) is 7.11 Å². The monoisotopic (exact) mass is 728 g/mol. The molecule has 0 N–H and O–H groups in total. The van der Waals surface area contributed by atoms with Gasteiger partial charge in [0.05, 0.1) is 19.6 Å². The van der Waals surface area contributed by atoms with Gasteiger partial charge in [0, 0.05) is 18.1 Å². The average molecular weight is 729 g/mol. The van der Waals surface area contributed by atoms with Crippen molar-refractivity contribution >= 4 is 11.8 Å². The number of hydrogen-bond donors (Lipinski definition) is 0. The van der Waals surface area contributed by atoms with Gasteiger partial charge >= 0.3 is 5.97 Å². The van der Waals surface area contributed by atoms with E-state index < -0.39 is 30.4 Å². The SMILES string of the molecule is COC(=O)CC(=O)CC1(OC(C)c2ccccc2)CCc2c(OC(C)c3ccccc3)cc(OC(C)c3ccccc3)c(OC(C)c3ccccc3)c2O1. The first kappa shape index (κ1) is 38.1. The normalized spacial score (nSPS) is 17.1. The highest BCUT2D eigenvalue weighted by atomic mass is 16.7. The second-order valence-electron chi connectivity index (χ2n) is 13.7. The van der Waals surface area contributed by atoms with Gasteiger partial charge in [-0.25, -0.2) is 0 Å². The lowest BCUT2D eigenvalue weighted by Crippen LogP contribution is -2.45. The van der Waals surface area contributed by atoms with Crippen molar-refractivity contribution in [1.29, 1.82) is 0 Å². The van der Waals surface area contributed by atoms with E-state index in [0.29, 0.717) is 35.8 Å². The molecule has 0 spiro atoms. The number of fused-ring (bicyclic) bond motifs is 1. The van der Waals surface area contributed by atoms with Gasteiger partial charge < -0.3 is 28.4 Å². The van der Waals surface area contributed by atoms with E-state index in [4.69, 9.17) is 28.4 Å². The summed E-state index contributed by atoms with van der Waals surface area (Å²) < 4.78 is 39.1. The van der Waals surface area contributed by atoms with Gasteiger partial charge in [0.15, 0.2) is 17.3 Å². The van der Waals surface area contributed by atoms with Crippen LogP contribution >= 0.6 is 0 Å². The van der Waals surface area contributed by atoms with Crippen molar-refractivity contribution in [3.63, 3.8) is 0 Å². The fourth-order valence-electron chi connectivity index (χ4n) is 6.73. The molecule has 5 aromatic rings. The van der Waals surface area contributed by atoms with Gasteiger partial charge in [-0.05, 0) is 56.4 Å². The lowest BCUT2D eigenvalue weighted by Gasteiger charge is -2.41. The summed E-state index contributed by atoms with van der Waals surface area (Å²) in [4.78, 5) is 25.8. The summed E-state index contributed by atoms with van der Waals surface area (Å²) in [5, 5.41) is 0. The van der Waals surface area contributed by atoms with Gasteiger partial charge in [-0.3, -0.25) is 9.59 Å². The number of rotatable bonds is 16. The van der Waals surface area contributed by atoms with Gasteiger partial charge in [0.1, 0.15) is 30.5 Å². The van der Waals surface area contributed by atoms with Crippen molar-refractivity contribution < 1.29 is 38.0 Å². The number of benzene rings is 5. The Morgan fingerprint density at radius 1 is 0.630 bits per heavy atom. The van der Waals surface area contributed by atoms with E-state index in [-0.39, 0.29) is 24.4 Å². The second-order valence-corrected chi connectivity index (χ2v) is 13.7. The van der Waals surface area contributed by atoms with Gasteiger partial charge in [-0.2, -0.15) is 0 Å². The predicted molar refractivity (Wildman–Crippen MR) is 207 cm³/mol. The Balaban J connectivity index is 1.50. The number of ketones is 1. The van der Waals surface area contributed by atoms with Crippen LogP contribution in [0.2, 0.25) is 0 Å². The van der Waals surface area contributed by atoms with E-state index >= 15 is 0 Å². The predicted octanol–water partition coefficient (Wildman–Crippen LogP) is 10.4. The van der Waals surface area contributed by atoms with Crippen LogP contribution in [0.1, 0.15) is 99.2 Å². The quantitative estimate of drug-likeness (QED) is 0.0733. The number of ether oxygens (including phenoxy) is 6. The van der Waals surface area contributed by atoms with E-state index in [0.717, 1.165) is 27.8 Å². The zero-order chi connectivity index (χ0) is 38.1. The molecule has 5 atom stereocenters. The Bertz CT molecular complexity index is 1980. The smallest absolute Gasteiger partial charge is 0.313 e. The van der Waals surface area contributed by atoms with Crippen molar-refractivity contribution in [3.05, 3.63) is 155 Å². The molecular formula is C46H48O8. The van der Waals surface area contributed by atoms with Crippen molar-refractivity contribution in [2.45, 2.75) is 83.6 Å². The molecule has 1 heterocycles. The highest BCUT2D eigenvalue weighted by Gasteiger charge is 2.45. The van der Waals surface area contributed by atoms with Crippen LogP contribution in [0.25, 0.3) is 0 Å². The molecule has 1 aliphatic rings. The van der Waals surface area contributed by atoms with Gasteiger partial charge in [0.25, 0.3) is 0 Å². The zero-order valence-corrected chi connectivity index (χ0v) is 31.5. The lowest BCUT2D eigenvalue weighted by molar-refractivity contribution is -0.222. The summed E-state index contributed by atoms with van der Waals surface area (Å²) in [6, 6.07) is 41.5. The van der Waals surface area contributed by atoms with Gasteiger partial charge in [-0.15, -0.1) is 0 Å². The van der Waals surface area contributed by atoms with Crippen molar-refractivity contribution in [1.82, 2.24) is 0 Å². The Hall–Kier alpha value is -5.60. The number of methoxy groups -OCH3 is 1. The third-order valence-corrected chi connectivity index (χ3v) is 9.71. The molecule has 0 bridgehead atoms. The molecule has 0 amide bonds. The average Bonchev–Trinajstić information content (AvgIpc) is 3.20. The molecule has 1 aliphatic heterocycles. The number of Topliss-reactive ketones (excluding diaryl/α,β-unsaturated/α-hetero) is 1. The highest BCUT2D eigenvalue weighted by Crippen LogP contribution is 2.54. The number of esters is 1. The molecule has 54 heavy (non-hydrogen) atoms. The molecule has 0 saturated heterocycles. The molecular weight excluding hydrogens is 680 g/mol. The number of carbonyl (C=O) groups is 2. The molecule has 8 heteroatoms. The molecule has 8 nitrogen and oxygen atoms in total. The largest absolute Gasteiger partial charge is 0.485 e. The number of hydrogen-bond acceptors (Lipinski definition) is 8. The summed E-state index contributed by atoms with van der Waals surface area (Å²) in [5.41, 5.74) is 4.61. The van der Waals surface area contributed by atoms with Crippen LogP contribution in [-0.2, 0) is 25.5 Å². The Labute approximate surface area is 317 Å². The van der Waals surface area contributed by atoms with Crippen LogP contribution in [0.5, 0.6) is 23.0 Å². The van der Waals surface area contributed by atoms with E-state index in [1.54, 1.807) is 0 Å². The maximum absolute atomic E-state index is 13.6. The third kappa shape index (κ3) is 9.30. The zero-order valence-electron chi connectivity index (χ0n) is 31.5. The van der Waals surface area contributed by atoms with E-state index in [1.807, 2.05) is 155 Å². The minimum Gasteiger partial charge on any atom is -0.485 e. The fourth-order valence-corrected chi connectivity index (χ4v) is 6.73. The minimum absolute atomic E-state index is 0.200. The highest BCUT2D eigenvalue weighted by molar-refractivity contribution is 5.95. The van der Waals surface area contributed by atoms with Gasteiger partial charge in [0.2, 0.25) is 11.5 Å². The summed E-state index contributed by atoms with van der Waals surface area (Å²) in [6.07, 6.45) is -1.45. The minimum atomic E-state index is -1.46. The lowest BCUT2D eigenvalue weighted by atomic mass is 9.93. The first-order valence-electron chi connectivity index (χ1n) is 18.5. The summed E-state index contributed by atoms with van der Waals surface area (Å²) in [7, 11) is 1.26. The summed E-state index contributed by atoms with van der Waals surface area (Å²) in [6.45, 7) is 7.87. The molecule has 0 aromatic heterocycles. The molecule has 280 valence electrons. The van der Waals surface area contributed by atoms with Crippen molar-refractivity contribution in [3.8, 4) is 23.0 Å². The molecule has 0 aliphatic carbocycles. The van der Waals surface area contributed by atoms with Crippen LogP contribution in [-0.4, -0.2) is 24.6 Å². The van der Waals surface area contributed by atoms with Crippen molar-refractivity contribution in [2.24, 2.45) is 0 Å². The van der Waals surface area contributed by atoms with Crippen LogP contribution in [0, 0.1) is 0 Å². The third-order valence-electron chi connectivity index (χ3n) is 9.71. The summed E-state index contributed by atoms with van der Waals surface area (Å²) >= 11 is 0. The molecule has 6 rings (SSSR count). The second kappa shape index (κ2) is 17.5. The molecule has 5 aromatic carbocycles. The Kier molecular flexibility index (Phi) is 12.3. The van der Waals surface area contributed by atoms with E-state index in [1.165, 1.54) is 7.11 Å². The maximum Gasteiger partial charge on any atom is 0.313 e. The van der Waals surface area contributed by atoms with Crippen LogP contribution in [0.4, 0.5) is 0 Å². The van der Waals surface area contributed by atoms with E-state index in [9.17, 15) is 9.59 Å². The fraction of sp³-hybridized carbons (Fsp3) is 0.304. The molecule has 0 saturated carbocycles. The van der Waals surface area contributed by atoms with Crippen LogP contribution in [0.3, 0.4) is 0 Å². The Morgan fingerprint density at radius 3 is 1.56 bits per heavy atom. The number of carbonyl (C=O) groups excluding carboxylic acids is 2. The Morgan fingerprint density at radius 2 is 1.07 bits per heavy atom. The molecule has 5 unspecified atom stereocenters. The van der Waals surface area contributed by atoms with Gasteiger partial charge in [-0.1, -0.05) is 121 Å². The maximum atomic E-state index is 13.6. The first-order chi connectivity index (χ1) is 26.1. The standard InChI is InChI=1S/C46H48O8/c1-31(35-18-10-6-11-19-35)50-41-29-42(51-32(2)36-20-12-7-13-21-36)45(52-33(3)37-22-14-8-15-23-37)44-40(41)26-27-46(54-44,30-39(47)28-43(48)49-5)53-34(4)38-24-16-9-17-25-38/h6-25,29,31-34H,26-28,30H2,1-5H3. The van der Waals surface area contributed by atoms with E-state index in [2.05, 4.69) is 0 Å². The van der Waals surface area contributed by atoms with Crippen LogP contribution in [0.15, 0.2) is 127 Å².